The maximum Gasteiger partial charge on any atom is 0.137 e. The fourth-order valence-corrected chi connectivity index (χ4v) is 3.01. The van der Waals surface area contributed by atoms with Crippen LogP contribution >= 0.6 is 46.4 Å². The molecule has 2 aromatic rings. The standard InChI is InChI=1S/C14H12Cl4N2/c1-2-4-8-13(17)19-12(20-14(8)18)7-9-10(15)5-3-6-11(9)16/h3,5-6H,2,4,7H2,1H3. The SMILES string of the molecule is CCCc1c(Cl)nc(Cc2c(Cl)cccc2Cl)nc1Cl. The van der Waals surface area contributed by atoms with Gasteiger partial charge in [-0.15, -0.1) is 0 Å². The fourth-order valence-electron chi connectivity index (χ4n) is 1.87. The lowest BCUT2D eigenvalue weighted by atomic mass is 10.1. The van der Waals surface area contributed by atoms with E-state index in [1.807, 2.05) is 6.92 Å². The lowest BCUT2D eigenvalue weighted by molar-refractivity contribution is 0.877. The van der Waals surface area contributed by atoms with Crippen LogP contribution in [-0.2, 0) is 12.8 Å². The minimum Gasteiger partial charge on any atom is -0.220 e. The van der Waals surface area contributed by atoms with Crippen molar-refractivity contribution < 1.29 is 0 Å². The van der Waals surface area contributed by atoms with E-state index in [0.717, 1.165) is 24.0 Å². The van der Waals surface area contributed by atoms with Crippen LogP contribution in [0.25, 0.3) is 0 Å². The molecule has 1 aromatic carbocycles. The Kier molecular flexibility index (Phi) is 5.50. The second-order valence-corrected chi connectivity index (χ2v) is 5.86. The summed E-state index contributed by atoms with van der Waals surface area (Å²) in [5.41, 5.74) is 1.55. The highest BCUT2D eigenvalue weighted by atomic mass is 35.5. The molecule has 0 atom stereocenters. The van der Waals surface area contributed by atoms with Crippen molar-refractivity contribution in [3.63, 3.8) is 0 Å². The van der Waals surface area contributed by atoms with Gasteiger partial charge in [-0.25, -0.2) is 9.97 Å². The molecule has 1 aromatic heterocycles. The normalized spacial score (nSPS) is 10.8. The summed E-state index contributed by atoms with van der Waals surface area (Å²) < 4.78 is 0. The number of benzene rings is 1. The second-order valence-electron chi connectivity index (χ2n) is 4.33. The van der Waals surface area contributed by atoms with Gasteiger partial charge in [0.1, 0.15) is 16.1 Å². The maximum absolute atomic E-state index is 6.16. The first-order chi connectivity index (χ1) is 9.52. The molecule has 20 heavy (non-hydrogen) atoms. The molecular formula is C14H12Cl4N2. The van der Waals surface area contributed by atoms with E-state index in [0.29, 0.717) is 32.6 Å². The highest BCUT2D eigenvalue weighted by Gasteiger charge is 2.13. The predicted molar refractivity (Wildman–Crippen MR) is 85.3 cm³/mol. The topological polar surface area (TPSA) is 25.8 Å². The maximum atomic E-state index is 6.16. The van der Waals surface area contributed by atoms with Crippen molar-refractivity contribution in [3.8, 4) is 0 Å². The molecule has 0 spiro atoms. The van der Waals surface area contributed by atoms with E-state index in [4.69, 9.17) is 46.4 Å². The van der Waals surface area contributed by atoms with Crippen LogP contribution in [0.5, 0.6) is 0 Å². The van der Waals surface area contributed by atoms with Crippen molar-refractivity contribution >= 4 is 46.4 Å². The minimum absolute atomic E-state index is 0.393. The van der Waals surface area contributed by atoms with Gasteiger partial charge in [-0.2, -0.15) is 0 Å². The lowest BCUT2D eigenvalue weighted by Crippen LogP contribution is -2.02. The number of halogens is 4. The van der Waals surface area contributed by atoms with Crippen LogP contribution in [0.1, 0.15) is 30.3 Å². The molecule has 2 rings (SSSR count). The van der Waals surface area contributed by atoms with Crippen molar-refractivity contribution in [3.05, 3.63) is 55.5 Å². The van der Waals surface area contributed by atoms with Crippen LogP contribution in [0, 0.1) is 0 Å². The van der Waals surface area contributed by atoms with Crippen LogP contribution in [0.3, 0.4) is 0 Å². The van der Waals surface area contributed by atoms with E-state index >= 15 is 0 Å². The van der Waals surface area contributed by atoms with E-state index in [9.17, 15) is 0 Å². The van der Waals surface area contributed by atoms with Gasteiger partial charge in [-0.3, -0.25) is 0 Å². The van der Waals surface area contributed by atoms with Gasteiger partial charge >= 0.3 is 0 Å². The molecule has 0 fully saturated rings. The fraction of sp³-hybridized carbons (Fsp3) is 0.286. The number of rotatable bonds is 4. The van der Waals surface area contributed by atoms with Gasteiger partial charge in [0.25, 0.3) is 0 Å². The van der Waals surface area contributed by atoms with Gasteiger partial charge in [0, 0.05) is 22.0 Å². The molecule has 0 aliphatic heterocycles. The third-order valence-corrected chi connectivity index (χ3v) is 4.18. The van der Waals surface area contributed by atoms with Crippen LogP contribution in [0.4, 0.5) is 0 Å². The van der Waals surface area contributed by atoms with Crippen LogP contribution in [0.15, 0.2) is 18.2 Å². The summed E-state index contributed by atoms with van der Waals surface area (Å²) in [5.74, 6) is 0.509. The molecule has 0 N–H and O–H groups in total. The Hall–Kier alpha value is -0.540. The van der Waals surface area contributed by atoms with E-state index < -0.39 is 0 Å². The Morgan fingerprint density at radius 3 is 1.95 bits per heavy atom. The van der Waals surface area contributed by atoms with Crippen LogP contribution < -0.4 is 0 Å². The van der Waals surface area contributed by atoms with Crippen molar-refractivity contribution in [1.29, 1.82) is 0 Å². The number of hydrogen-bond acceptors (Lipinski definition) is 2. The first-order valence-electron chi connectivity index (χ1n) is 6.16. The molecule has 1 heterocycles. The first-order valence-corrected chi connectivity index (χ1v) is 7.67. The zero-order chi connectivity index (χ0) is 14.7. The molecule has 0 radical (unpaired) electrons. The zero-order valence-electron chi connectivity index (χ0n) is 10.8. The summed E-state index contributed by atoms with van der Waals surface area (Å²) in [6.45, 7) is 2.05. The highest BCUT2D eigenvalue weighted by Crippen LogP contribution is 2.28. The molecule has 6 heteroatoms. The summed E-state index contributed by atoms with van der Waals surface area (Å²) in [7, 11) is 0. The minimum atomic E-state index is 0.393. The summed E-state index contributed by atoms with van der Waals surface area (Å²) in [6, 6.07) is 5.34. The Labute approximate surface area is 138 Å². The molecule has 106 valence electrons. The van der Waals surface area contributed by atoms with Crippen molar-refractivity contribution in [2.24, 2.45) is 0 Å². The molecule has 0 amide bonds. The summed E-state index contributed by atoms with van der Waals surface area (Å²) >= 11 is 24.6. The molecular weight excluding hydrogens is 338 g/mol. The van der Waals surface area contributed by atoms with Gasteiger partial charge in [0.15, 0.2) is 0 Å². The Bertz CT molecular complexity index is 585. The molecule has 0 unspecified atom stereocenters. The second kappa shape index (κ2) is 6.95. The predicted octanol–water partition coefficient (Wildman–Crippen LogP) is 5.63. The Morgan fingerprint density at radius 2 is 1.45 bits per heavy atom. The average molecular weight is 350 g/mol. The lowest BCUT2D eigenvalue weighted by Gasteiger charge is -2.09. The largest absolute Gasteiger partial charge is 0.220 e. The first kappa shape index (κ1) is 15.8. The molecule has 0 aliphatic carbocycles. The quantitative estimate of drug-likeness (QED) is 0.668. The van der Waals surface area contributed by atoms with Gasteiger partial charge in [0.2, 0.25) is 0 Å². The third-order valence-electron chi connectivity index (χ3n) is 2.85. The third kappa shape index (κ3) is 3.56. The zero-order valence-corrected chi connectivity index (χ0v) is 13.8. The molecule has 0 saturated carbocycles. The average Bonchev–Trinajstić information content (AvgIpc) is 2.38. The Balaban J connectivity index is 2.35. The molecule has 0 saturated heterocycles. The van der Waals surface area contributed by atoms with E-state index in [2.05, 4.69) is 9.97 Å². The summed E-state index contributed by atoms with van der Waals surface area (Å²) in [6.07, 6.45) is 2.08. The molecule has 0 bridgehead atoms. The van der Waals surface area contributed by atoms with Gasteiger partial charge in [0.05, 0.1) is 0 Å². The van der Waals surface area contributed by atoms with Crippen molar-refractivity contribution in [2.75, 3.05) is 0 Å². The Morgan fingerprint density at radius 1 is 0.900 bits per heavy atom. The van der Waals surface area contributed by atoms with E-state index in [1.165, 1.54) is 0 Å². The summed E-state index contributed by atoms with van der Waals surface area (Å²) in [5, 5.41) is 1.94. The van der Waals surface area contributed by atoms with Gasteiger partial charge < -0.3 is 0 Å². The van der Waals surface area contributed by atoms with Gasteiger partial charge in [-0.1, -0.05) is 65.8 Å². The monoisotopic (exact) mass is 348 g/mol. The van der Waals surface area contributed by atoms with E-state index in [1.54, 1.807) is 18.2 Å². The van der Waals surface area contributed by atoms with Crippen molar-refractivity contribution in [1.82, 2.24) is 9.97 Å². The highest BCUT2D eigenvalue weighted by molar-refractivity contribution is 6.36. The van der Waals surface area contributed by atoms with Gasteiger partial charge in [-0.05, 0) is 24.1 Å². The van der Waals surface area contributed by atoms with Crippen LogP contribution in [-0.4, -0.2) is 9.97 Å². The summed E-state index contributed by atoms with van der Waals surface area (Å²) in [4.78, 5) is 8.57. The van der Waals surface area contributed by atoms with Crippen LogP contribution in [0.2, 0.25) is 20.4 Å². The molecule has 2 nitrogen and oxygen atoms in total. The van der Waals surface area contributed by atoms with E-state index in [-0.39, 0.29) is 0 Å². The molecule has 0 aliphatic rings. The van der Waals surface area contributed by atoms with Crippen molar-refractivity contribution in [2.45, 2.75) is 26.2 Å². The number of aromatic nitrogens is 2. The number of nitrogens with zero attached hydrogens (tertiary/aromatic N) is 2. The smallest absolute Gasteiger partial charge is 0.137 e. The number of hydrogen-bond donors (Lipinski definition) is 0.